The molecule has 92 valence electrons. The van der Waals surface area contributed by atoms with Gasteiger partial charge in [0.2, 0.25) is 5.82 Å². The summed E-state index contributed by atoms with van der Waals surface area (Å²) in [5.41, 5.74) is 1.79. The first-order valence-electron chi connectivity index (χ1n) is 5.70. The fraction of sp³-hybridized carbons (Fsp3) is 0.250. The molecule has 0 unspecified atom stereocenters. The van der Waals surface area contributed by atoms with Crippen LogP contribution in [0, 0.1) is 0 Å². The highest BCUT2D eigenvalue weighted by molar-refractivity contribution is 9.10. The summed E-state index contributed by atoms with van der Waals surface area (Å²) in [6.45, 7) is 4.15. The Bertz CT molecular complexity index is 697. The first-order valence-corrected chi connectivity index (χ1v) is 6.49. The summed E-state index contributed by atoms with van der Waals surface area (Å²) in [7, 11) is 0. The van der Waals surface area contributed by atoms with Crippen molar-refractivity contribution in [2.45, 2.75) is 19.8 Å². The normalized spacial score (nSPS) is 11.6. The predicted octanol–water partition coefficient (Wildman–Crippen LogP) is 3.01. The number of nitrogens with one attached hydrogen (secondary N) is 1. The van der Waals surface area contributed by atoms with Crippen molar-refractivity contribution in [1.82, 2.24) is 24.6 Å². The van der Waals surface area contributed by atoms with Crippen molar-refractivity contribution in [3.05, 3.63) is 35.0 Å². The smallest absolute Gasteiger partial charge is 0.202 e. The summed E-state index contributed by atoms with van der Waals surface area (Å²) < 4.78 is 2.96. The fourth-order valence-corrected chi connectivity index (χ4v) is 2.14. The van der Waals surface area contributed by atoms with Crippen molar-refractivity contribution in [1.29, 1.82) is 0 Å². The maximum atomic E-state index is 4.47. The van der Waals surface area contributed by atoms with Crippen LogP contribution in [0.4, 0.5) is 0 Å². The van der Waals surface area contributed by atoms with Crippen molar-refractivity contribution >= 4 is 21.4 Å². The average Bonchev–Trinajstić information content (AvgIpc) is 2.92. The van der Waals surface area contributed by atoms with E-state index in [1.807, 2.05) is 22.7 Å². The molecule has 0 aliphatic carbocycles. The van der Waals surface area contributed by atoms with Crippen LogP contribution >= 0.6 is 15.9 Å². The van der Waals surface area contributed by atoms with E-state index < -0.39 is 0 Å². The van der Waals surface area contributed by atoms with Gasteiger partial charge in [-0.05, 0) is 28.1 Å². The third-order valence-corrected chi connectivity index (χ3v) is 3.23. The lowest BCUT2D eigenvalue weighted by molar-refractivity contribution is 0.781. The highest BCUT2D eigenvalue weighted by Crippen LogP contribution is 2.22. The van der Waals surface area contributed by atoms with Crippen molar-refractivity contribution in [3.8, 4) is 11.5 Å². The minimum Gasteiger partial charge on any atom is -0.304 e. The third kappa shape index (κ3) is 1.82. The van der Waals surface area contributed by atoms with Crippen LogP contribution in [0.2, 0.25) is 0 Å². The van der Waals surface area contributed by atoms with Crippen LogP contribution in [0.5, 0.6) is 0 Å². The largest absolute Gasteiger partial charge is 0.304 e. The molecule has 0 spiro atoms. The highest BCUT2D eigenvalue weighted by atomic mass is 79.9. The van der Waals surface area contributed by atoms with Gasteiger partial charge in [0.05, 0.1) is 5.52 Å². The number of H-pyrrole nitrogens is 1. The maximum absolute atomic E-state index is 4.47. The van der Waals surface area contributed by atoms with Gasteiger partial charge in [-0.1, -0.05) is 13.8 Å². The highest BCUT2D eigenvalue weighted by Gasteiger charge is 2.13. The van der Waals surface area contributed by atoms with Crippen molar-refractivity contribution < 1.29 is 0 Å². The summed E-state index contributed by atoms with van der Waals surface area (Å²) in [5.74, 6) is 1.85. The van der Waals surface area contributed by atoms with Crippen molar-refractivity contribution in [2.24, 2.45) is 0 Å². The minimum absolute atomic E-state index is 0.328. The molecule has 0 bridgehead atoms. The molecule has 0 saturated heterocycles. The maximum Gasteiger partial charge on any atom is 0.202 e. The van der Waals surface area contributed by atoms with Crippen molar-refractivity contribution in [3.63, 3.8) is 0 Å². The van der Waals surface area contributed by atoms with E-state index in [4.69, 9.17) is 0 Å². The first-order chi connectivity index (χ1) is 8.65. The zero-order valence-corrected chi connectivity index (χ0v) is 11.6. The van der Waals surface area contributed by atoms with E-state index in [0.717, 1.165) is 21.5 Å². The summed E-state index contributed by atoms with van der Waals surface area (Å²) in [6.07, 6.45) is 3.72. The molecule has 3 aromatic heterocycles. The molecule has 0 atom stereocenters. The summed E-state index contributed by atoms with van der Waals surface area (Å²) >= 11 is 3.44. The Morgan fingerprint density at radius 3 is 2.89 bits per heavy atom. The van der Waals surface area contributed by atoms with Crippen LogP contribution < -0.4 is 0 Å². The summed E-state index contributed by atoms with van der Waals surface area (Å²) in [5, 5.41) is 7.18. The van der Waals surface area contributed by atoms with Gasteiger partial charge in [0.15, 0.2) is 0 Å². The molecule has 0 aliphatic heterocycles. The van der Waals surface area contributed by atoms with Crippen LogP contribution in [-0.2, 0) is 0 Å². The zero-order valence-electron chi connectivity index (χ0n) is 10.1. The van der Waals surface area contributed by atoms with Crippen LogP contribution in [-0.4, -0.2) is 24.6 Å². The predicted molar refractivity (Wildman–Crippen MR) is 72.4 cm³/mol. The number of aromatic nitrogens is 5. The standard InChI is InChI=1S/C12H12BrN5/c1-7(2)11-15-12(17-16-11)10-9-4-3-8(13)5-18(9)6-14-10/h3-7H,1-2H3,(H,15,16,17). The number of rotatable bonds is 2. The monoisotopic (exact) mass is 305 g/mol. The molecule has 3 rings (SSSR count). The van der Waals surface area contributed by atoms with Gasteiger partial charge >= 0.3 is 0 Å². The van der Waals surface area contributed by atoms with Crippen molar-refractivity contribution in [2.75, 3.05) is 0 Å². The number of halogens is 1. The van der Waals surface area contributed by atoms with E-state index in [1.165, 1.54) is 0 Å². The Morgan fingerprint density at radius 1 is 1.33 bits per heavy atom. The van der Waals surface area contributed by atoms with Gasteiger partial charge in [-0.3, -0.25) is 5.10 Å². The topological polar surface area (TPSA) is 58.9 Å². The number of hydrogen-bond acceptors (Lipinski definition) is 3. The molecular formula is C12H12BrN5. The molecule has 3 heterocycles. The molecule has 0 aliphatic rings. The van der Waals surface area contributed by atoms with Gasteiger partial charge in [0.25, 0.3) is 0 Å². The number of aromatic amines is 1. The van der Waals surface area contributed by atoms with E-state index in [2.05, 4.69) is 49.9 Å². The second-order valence-corrected chi connectivity index (χ2v) is 5.35. The van der Waals surface area contributed by atoms with Crippen LogP contribution in [0.25, 0.3) is 17.0 Å². The molecule has 1 N–H and O–H groups in total. The van der Waals surface area contributed by atoms with Crippen LogP contribution in [0.1, 0.15) is 25.6 Å². The quantitative estimate of drug-likeness (QED) is 0.792. The first kappa shape index (κ1) is 11.4. The molecule has 0 amide bonds. The number of pyridine rings is 1. The Hall–Kier alpha value is -1.69. The number of nitrogens with zero attached hydrogens (tertiary/aromatic N) is 4. The van der Waals surface area contributed by atoms with E-state index in [9.17, 15) is 0 Å². The fourth-order valence-electron chi connectivity index (χ4n) is 1.78. The zero-order chi connectivity index (χ0) is 12.7. The SMILES string of the molecule is CC(C)c1nc(-c2ncn3cc(Br)ccc23)n[nH]1. The van der Waals surface area contributed by atoms with E-state index >= 15 is 0 Å². The van der Waals surface area contributed by atoms with Crippen LogP contribution in [0.15, 0.2) is 29.1 Å². The number of fused-ring (bicyclic) bond motifs is 1. The van der Waals surface area contributed by atoms with E-state index in [0.29, 0.717) is 11.7 Å². The van der Waals surface area contributed by atoms with Gasteiger partial charge < -0.3 is 4.40 Å². The van der Waals surface area contributed by atoms with Gasteiger partial charge in [-0.2, -0.15) is 5.10 Å². The van der Waals surface area contributed by atoms with Crippen LogP contribution in [0.3, 0.4) is 0 Å². The van der Waals surface area contributed by atoms with Gasteiger partial charge in [0.1, 0.15) is 17.8 Å². The van der Waals surface area contributed by atoms with E-state index in [1.54, 1.807) is 6.33 Å². The van der Waals surface area contributed by atoms with E-state index in [-0.39, 0.29) is 0 Å². The molecule has 6 heteroatoms. The summed E-state index contributed by atoms with van der Waals surface area (Å²) in [6, 6.07) is 3.98. The minimum atomic E-state index is 0.328. The molecule has 0 fully saturated rings. The lowest BCUT2D eigenvalue weighted by atomic mass is 10.2. The second kappa shape index (κ2) is 4.20. The molecule has 3 aromatic rings. The van der Waals surface area contributed by atoms with Gasteiger partial charge in [-0.15, -0.1) is 0 Å². The third-order valence-electron chi connectivity index (χ3n) is 2.76. The Kier molecular flexibility index (Phi) is 2.66. The Labute approximate surface area is 112 Å². The lowest BCUT2D eigenvalue weighted by Crippen LogP contribution is -1.89. The Balaban J connectivity index is 2.13. The van der Waals surface area contributed by atoms with Gasteiger partial charge in [-0.25, -0.2) is 9.97 Å². The average molecular weight is 306 g/mol. The Morgan fingerprint density at radius 2 is 2.17 bits per heavy atom. The molecule has 0 radical (unpaired) electrons. The molecule has 0 aromatic carbocycles. The molecule has 0 saturated carbocycles. The lowest BCUT2D eigenvalue weighted by Gasteiger charge is -1.96. The molecule has 18 heavy (non-hydrogen) atoms. The number of imidazole rings is 1. The molecule has 5 nitrogen and oxygen atoms in total. The summed E-state index contributed by atoms with van der Waals surface area (Å²) in [4.78, 5) is 8.85. The number of hydrogen-bond donors (Lipinski definition) is 1. The second-order valence-electron chi connectivity index (χ2n) is 4.43. The molecular weight excluding hydrogens is 294 g/mol. The van der Waals surface area contributed by atoms with Gasteiger partial charge in [0, 0.05) is 16.6 Å².